The van der Waals surface area contributed by atoms with E-state index < -0.39 is 0 Å². The number of rotatable bonds is 3. The van der Waals surface area contributed by atoms with Crippen LogP contribution in [0.5, 0.6) is 0 Å². The van der Waals surface area contributed by atoms with Crippen molar-refractivity contribution in [2.24, 2.45) is 5.92 Å². The van der Waals surface area contributed by atoms with E-state index >= 15 is 0 Å². The van der Waals surface area contributed by atoms with Crippen molar-refractivity contribution in [1.82, 2.24) is 14.8 Å². The number of carbonyl (C=O) groups excluding carboxylic acids is 2. The van der Waals surface area contributed by atoms with Gasteiger partial charge in [0.1, 0.15) is 0 Å². The van der Waals surface area contributed by atoms with Crippen LogP contribution in [0.4, 0.5) is 0 Å². The maximum atomic E-state index is 12.9. The molecule has 4 heterocycles. The Kier molecular flexibility index (Phi) is 4.45. The summed E-state index contributed by atoms with van der Waals surface area (Å²) in [6, 6.07) is 13.8. The third kappa shape index (κ3) is 3.21. The third-order valence-electron chi connectivity index (χ3n) is 5.43. The predicted molar refractivity (Wildman–Crippen MR) is 98.4 cm³/mol. The summed E-state index contributed by atoms with van der Waals surface area (Å²) in [5.41, 5.74) is 2.62. The summed E-state index contributed by atoms with van der Waals surface area (Å²) >= 11 is 0. The molecule has 2 amide bonds. The van der Waals surface area contributed by atoms with E-state index in [1.54, 1.807) is 6.20 Å². The minimum atomic E-state index is -0.0974. The summed E-state index contributed by atoms with van der Waals surface area (Å²) in [6.45, 7) is 3.63. The molecule has 5 nitrogen and oxygen atoms in total. The average Bonchev–Trinajstić information content (AvgIpc) is 2.95. The first-order valence-electron chi connectivity index (χ1n) is 9.18. The summed E-state index contributed by atoms with van der Waals surface area (Å²) in [5.74, 6) is 0.0611. The van der Waals surface area contributed by atoms with Crippen LogP contribution in [0.25, 0.3) is 0 Å². The molecule has 26 heavy (non-hydrogen) atoms. The fourth-order valence-electron chi connectivity index (χ4n) is 3.97. The van der Waals surface area contributed by atoms with E-state index in [-0.39, 0.29) is 23.8 Å². The molecule has 3 fully saturated rings. The van der Waals surface area contributed by atoms with Crippen LogP contribution in [-0.2, 0) is 11.3 Å². The summed E-state index contributed by atoms with van der Waals surface area (Å²) < 4.78 is 0. The highest BCUT2D eigenvalue weighted by Gasteiger charge is 2.41. The minimum absolute atomic E-state index is 0.0243. The second-order valence-electron chi connectivity index (χ2n) is 7.28. The van der Waals surface area contributed by atoms with Gasteiger partial charge in [-0.2, -0.15) is 0 Å². The van der Waals surface area contributed by atoms with Crippen LogP contribution >= 0.6 is 0 Å². The molecule has 0 spiro atoms. The number of fused-ring (bicyclic) bond motifs is 4. The molecule has 3 aliphatic rings. The smallest absolute Gasteiger partial charge is 0.255 e. The molecule has 2 bridgehead atoms. The molecule has 0 radical (unpaired) electrons. The van der Waals surface area contributed by atoms with Crippen molar-refractivity contribution < 1.29 is 9.59 Å². The second-order valence-corrected chi connectivity index (χ2v) is 7.28. The second kappa shape index (κ2) is 6.90. The number of aryl methyl sites for hydroxylation is 1. The first kappa shape index (κ1) is 16.8. The molecule has 5 rings (SSSR count). The molecule has 2 aromatic rings. The number of carbonyl (C=O) groups is 2. The first-order chi connectivity index (χ1) is 12.6. The Hall–Kier alpha value is -2.69. The van der Waals surface area contributed by atoms with E-state index in [4.69, 9.17) is 0 Å². The fraction of sp³-hybridized carbons (Fsp3) is 0.381. The van der Waals surface area contributed by atoms with Crippen molar-refractivity contribution in [3.05, 3.63) is 65.5 Å². The Balaban J connectivity index is 1.54. The standard InChI is InChI=1S/C21H23N3O2/c1-15-7-8-17(11-22-15)20(25)23-13-18-9-10-19(14-23)24(21(18)26)12-16-5-3-2-4-6-16/h2-8,11,18-19H,9-10,12-14H2,1H3/t18-,19+/m1/s1. The van der Waals surface area contributed by atoms with Gasteiger partial charge in [-0.3, -0.25) is 14.6 Å². The zero-order valence-corrected chi connectivity index (χ0v) is 15.0. The van der Waals surface area contributed by atoms with Crippen LogP contribution in [0.2, 0.25) is 0 Å². The summed E-state index contributed by atoms with van der Waals surface area (Å²) in [7, 11) is 0. The molecule has 0 unspecified atom stereocenters. The number of benzene rings is 1. The Morgan fingerprint density at radius 1 is 1.12 bits per heavy atom. The third-order valence-corrected chi connectivity index (χ3v) is 5.43. The number of hydrogen-bond donors (Lipinski definition) is 0. The van der Waals surface area contributed by atoms with E-state index in [9.17, 15) is 9.59 Å². The normalized spacial score (nSPS) is 22.4. The Morgan fingerprint density at radius 2 is 1.92 bits per heavy atom. The highest BCUT2D eigenvalue weighted by atomic mass is 16.2. The van der Waals surface area contributed by atoms with Crippen molar-refractivity contribution >= 4 is 11.8 Å². The molecular formula is C21H23N3O2. The lowest BCUT2D eigenvalue weighted by Gasteiger charge is -2.36. The summed E-state index contributed by atoms with van der Waals surface area (Å²) in [4.78, 5) is 33.9. The maximum Gasteiger partial charge on any atom is 0.255 e. The van der Waals surface area contributed by atoms with Gasteiger partial charge in [0, 0.05) is 37.6 Å². The van der Waals surface area contributed by atoms with Crippen molar-refractivity contribution in [2.45, 2.75) is 32.4 Å². The molecule has 3 saturated heterocycles. The van der Waals surface area contributed by atoms with Crippen LogP contribution in [-0.4, -0.2) is 45.7 Å². The van der Waals surface area contributed by atoms with Crippen LogP contribution in [0.1, 0.15) is 34.5 Å². The van der Waals surface area contributed by atoms with Gasteiger partial charge in [0.05, 0.1) is 11.5 Å². The molecule has 2 atom stereocenters. The van der Waals surface area contributed by atoms with Gasteiger partial charge in [-0.25, -0.2) is 0 Å². The molecule has 1 aromatic carbocycles. The zero-order chi connectivity index (χ0) is 18.1. The molecule has 5 heteroatoms. The van der Waals surface area contributed by atoms with Gasteiger partial charge in [-0.1, -0.05) is 30.3 Å². The summed E-state index contributed by atoms with van der Waals surface area (Å²) in [6.07, 6.45) is 3.46. The van der Waals surface area contributed by atoms with Crippen molar-refractivity contribution in [3.8, 4) is 0 Å². The van der Waals surface area contributed by atoms with E-state index in [0.29, 0.717) is 25.2 Å². The van der Waals surface area contributed by atoms with E-state index in [0.717, 1.165) is 24.1 Å². The van der Waals surface area contributed by atoms with E-state index in [1.807, 2.05) is 59.2 Å². The Labute approximate surface area is 153 Å². The lowest BCUT2D eigenvalue weighted by molar-refractivity contribution is -0.140. The van der Waals surface area contributed by atoms with Crippen molar-refractivity contribution in [1.29, 1.82) is 0 Å². The number of amides is 2. The topological polar surface area (TPSA) is 53.5 Å². The highest BCUT2D eigenvalue weighted by Crippen LogP contribution is 2.31. The van der Waals surface area contributed by atoms with Gasteiger partial charge in [-0.05, 0) is 37.5 Å². The molecule has 0 saturated carbocycles. The van der Waals surface area contributed by atoms with Crippen LogP contribution < -0.4 is 0 Å². The molecule has 134 valence electrons. The van der Waals surface area contributed by atoms with Gasteiger partial charge in [-0.15, -0.1) is 0 Å². The summed E-state index contributed by atoms with van der Waals surface area (Å²) in [5, 5.41) is 0. The molecule has 0 N–H and O–H groups in total. The number of piperidine rings is 1. The monoisotopic (exact) mass is 349 g/mol. The number of hydrogen-bond acceptors (Lipinski definition) is 3. The van der Waals surface area contributed by atoms with Gasteiger partial charge in [0.15, 0.2) is 0 Å². The minimum Gasteiger partial charge on any atom is -0.336 e. The Morgan fingerprint density at radius 3 is 2.65 bits per heavy atom. The molecule has 1 aromatic heterocycles. The van der Waals surface area contributed by atoms with Crippen LogP contribution in [0.3, 0.4) is 0 Å². The fourth-order valence-corrected chi connectivity index (χ4v) is 3.97. The lowest BCUT2D eigenvalue weighted by atomic mass is 9.93. The average molecular weight is 349 g/mol. The van der Waals surface area contributed by atoms with Crippen LogP contribution in [0.15, 0.2) is 48.7 Å². The van der Waals surface area contributed by atoms with Crippen LogP contribution in [0, 0.1) is 12.8 Å². The van der Waals surface area contributed by atoms with Crippen molar-refractivity contribution in [2.75, 3.05) is 13.1 Å². The number of nitrogens with zero attached hydrogens (tertiary/aromatic N) is 3. The van der Waals surface area contributed by atoms with Gasteiger partial charge >= 0.3 is 0 Å². The lowest BCUT2D eigenvalue weighted by Crippen LogP contribution is -2.47. The maximum absolute atomic E-state index is 12.9. The highest BCUT2D eigenvalue weighted by molar-refractivity contribution is 5.94. The SMILES string of the molecule is Cc1ccc(C(=O)N2C[C@H]3CC[C@@H](C2)N(Cc2ccccc2)C3=O)cn1. The number of aromatic nitrogens is 1. The predicted octanol–water partition coefficient (Wildman–Crippen LogP) is 2.65. The quantitative estimate of drug-likeness (QED) is 0.856. The zero-order valence-electron chi connectivity index (χ0n) is 15.0. The molecule has 3 aliphatic heterocycles. The molecular weight excluding hydrogens is 326 g/mol. The van der Waals surface area contributed by atoms with E-state index in [2.05, 4.69) is 4.98 Å². The van der Waals surface area contributed by atoms with E-state index in [1.165, 1.54) is 0 Å². The van der Waals surface area contributed by atoms with Gasteiger partial charge in [0.25, 0.3) is 5.91 Å². The Bertz CT molecular complexity index is 804. The largest absolute Gasteiger partial charge is 0.336 e. The molecule has 0 aliphatic carbocycles. The number of pyridine rings is 1. The first-order valence-corrected chi connectivity index (χ1v) is 9.18. The van der Waals surface area contributed by atoms with Crippen molar-refractivity contribution in [3.63, 3.8) is 0 Å². The van der Waals surface area contributed by atoms with Gasteiger partial charge < -0.3 is 9.80 Å². The van der Waals surface area contributed by atoms with Gasteiger partial charge in [0.2, 0.25) is 5.91 Å².